The number of aliphatic hydroxyl groups excluding tert-OH is 1. The molecular weight excluding hydrogens is 466 g/mol. The van der Waals surface area contributed by atoms with Crippen LogP contribution in [0.4, 0.5) is 0 Å². The Balaban J connectivity index is 1.30. The number of hydrogen-bond donors (Lipinski definition) is 2. The van der Waals surface area contributed by atoms with E-state index < -0.39 is 6.10 Å². The highest BCUT2D eigenvalue weighted by molar-refractivity contribution is 6.00. The molecule has 3 aromatic carbocycles. The minimum absolute atomic E-state index is 0.246. The second-order valence-corrected chi connectivity index (χ2v) is 10.2. The summed E-state index contributed by atoms with van der Waals surface area (Å²) in [4.78, 5) is 2.29. The Morgan fingerprint density at radius 1 is 0.865 bits per heavy atom. The van der Waals surface area contributed by atoms with Crippen molar-refractivity contribution < 1.29 is 24.4 Å². The van der Waals surface area contributed by atoms with Gasteiger partial charge in [0, 0.05) is 6.54 Å². The number of ether oxygens (including phenoxy) is 3. The standard InChI is InChI=1S/C31H33NO5/c33-25-10-5-22(6-11-25)30(31(21-3-4-21)24-9-14-28-29(17-24)37-20-36-28)23-7-12-27(13-8-23)35-19-26(34)18-32-15-1-2-16-32/h5-14,17,21,26,33-34H,1-4,15-16,18-20H2. The van der Waals surface area contributed by atoms with Gasteiger partial charge in [0.2, 0.25) is 6.79 Å². The second kappa shape index (κ2) is 10.5. The first-order valence-electron chi connectivity index (χ1n) is 13.2. The molecule has 2 fully saturated rings. The van der Waals surface area contributed by atoms with Crippen LogP contribution in [0, 0.1) is 5.92 Å². The third kappa shape index (κ3) is 5.45. The molecule has 0 radical (unpaired) electrons. The Morgan fingerprint density at radius 3 is 2.22 bits per heavy atom. The van der Waals surface area contributed by atoms with E-state index in [1.165, 1.54) is 18.4 Å². The van der Waals surface area contributed by atoms with Crippen LogP contribution in [0.3, 0.4) is 0 Å². The zero-order valence-corrected chi connectivity index (χ0v) is 20.9. The van der Waals surface area contributed by atoms with E-state index in [0.717, 1.165) is 65.4 Å². The quantitative estimate of drug-likeness (QED) is 0.388. The molecule has 0 amide bonds. The van der Waals surface area contributed by atoms with Gasteiger partial charge in [-0.1, -0.05) is 30.3 Å². The molecule has 2 aliphatic heterocycles. The van der Waals surface area contributed by atoms with Crippen LogP contribution in [0.1, 0.15) is 42.4 Å². The number of nitrogens with zero attached hydrogens (tertiary/aromatic N) is 1. The van der Waals surface area contributed by atoms with Gasteiger partial charge in [0.1, 0.15) is 24.2 Å². The lowest BCUT2D eigenvalue weighted by molar-refractivity contribution is 0.0758. The van der Waals surface area contributed by atoms with Crippen LogP contribution in [0.15, 0.2) is 66.7 Å². The summed E-state index contributed by atoms with van der Waals surface area (Å²) in [5, 5.41) is 20.3. The lowest BCUT2D eigenvalue weighted by atomic mass is 9.87. The number of aliphatic hydroxyl groups is 1. The summed E-state index contributed by atoms with van der Waals surface area (Å²) in [5.74, 6) is 3.00. The second-order valence-electron chi connectivity index (χ2n) is 10.2. The number of aromatic hydroxyl groups is 1. The number of hydrogen-bond acceptors (Lipinski definition) is 6. The number of likely N-dealkylation sites (tertiary alicyclic amines) is 1. The Morgan fingerprint density at radius 2 is 1.51 bits per heavy atom. The van der Waals surface area contributed by atoms with Crippen LogP contribution >= 0.6 is 0 Å². The maximum absolute atomic E-state index is 10.4. The zero-order chi connectivity index (χ0) is 25.2. The van der Waals surface area contributed by atoms with Gasteiger partial charge in [-0.15, -0.1) is 0 Å². The maximum Gasteiger partial charge on any atom is 0.231 e. The third-order valence-electron chi connectivity index (χ3n) is 7.35. The van der Waals surface area contributed by atoms with Gasteiger partial charge in [-0.2, -0.15) is 0 Å². The van der Waals surface area contributed by atoms with Crippen molar-refractivity contribution in [2.75, 3.05) is 33.0 Å². The molecule has 3 aliphatic rings. The summed E-state index contributed by atoms with van der Waals surface area (Å²) < 4.78 is 17.2. The van der Waals surface area contributed by atoms with E-state index >= 15 is 0 Å². The maximum atomic E-state index is 10.4. The smallest absolute Gasteiger partial charge is 0.231 e. The van der Waals surface area contributed by atoms with Crippen molar-refractivity contribution >= 4 is 11.1 Å². The number of allylic oxidation sites excluding steroid dienone is 1. The van der Waals surface area contributed by atoms with E-state index in [9.17, 15) is 10.2 Å². The van der Waals surface area contributed by atoms with Gasteiger partial charge in [0.05, 0.1) is 0 Å². The van der Waals surface area contributed by atoms with E-state index in [2.05, 4.69) is 29.2 Å². The molecule has 6 rings (SSSR count). The summed E-state index contributed by atoms with van der Waals surface area (Å²) in [6.45, 7) is 3.31. The monoisotopic (exact) mass is 499 g/mol. The van der Waals surface area contributed by atoms with Gasteiger partial charge in [0.15, 0.2) is 11.5 Å². The molecule has 2 N–H and O–H groups in total. The van der Waals surface area contributed by atoms with Crippen LogP contribution in [-0.4, -0.2) is 54.3 Å². The number of fused-ring (bicyclic) bond motifs is 1. The summed E-state index contributed by atoms with van der Waals surface area (Å²) in [7, 11) is 0. The molecular formula is C31H33NO5. The molecule has 0 bridgehead atoms. The van der Waals surface area contributed by atoms with E-state index in [1.807, 2.05) is 30.3 Å². The molecule has 3 aromatic rings. The molecule has 1 saturated carbocycles. The van der Waals surface area contributed by atoms with Crippen LogP contribution < -0.4 is 14.2 Å². The predicted octanol–water partition coefficient (Wildman–Crippen LogP) is 5.33. The number of phenolic OH excluding ortho intramolecular Hbond substituents is 1. The average Bonchev–Trinajstić information content (AvgIpc) is 3.40. The highest BCUT2D eigenvalue weighted by atomic mass is 16.7. The Labute approximate surface area is 217 Å². The Hall–Kier alpha value is -3.48. The SMILES string of the molecule is Oc1ccc(C(=C(c2ccc3c(c2)OCO3)C2CC2)c2ccc(OCC(O)CN3CCCC3)cc2)cc1. The summed E-state index contributed by atoms with van der Waals surface area (Å²) in [5.41, 5.74) is 5.67. The predicted molar refractivity (Wildman–Crippen MR) is 143 cm³/mol. The van der Waals surface area contributed by atoms with Crippen LogP contribution in [0.5, 0.6) is 23.0 Å². The third-order valence-corrected chi connectivity index (χ3v) is 7.35. The van der Waals surface area contributed by atoms with E-state index in [-0.39, 0.29) is 19.1 Å². The van der Waals surface area contributed by atoms with Crippen molar-refractivity contribution in [1.29, 1.82) is 0 Å². The summed E-state index contributed by atoms with van der Waals surface area (Å²) >= 11 is 0. The van der Waals surface area contributed by atoms with Gasteiger partial charge in [0.25, 0.3) is 0 Å². The summed E-state index contributed by atoms with van der Waals surface area (Å²) in [6, 6.07) is 21.7. The molecule has 1 unspecified atom stereocenters. The van der Waals surface area contributed by atoms with Gasteiger partial charge >= 0.3 is 0 Å². The lowest BCUT2D eigenvalue weighted by Gasteiger charge is -2.20. The Kier molecular flexibility index (Phi) is 6.77. The molecule has 1 aliphatic carbocycles. The molecule has 2 heterocycles. The van der Waals surface area contributed by atoms with E-state index in [0.29, 0.717) is 12.5 Å². The summed E-state index contributed by atoms with van der Waals surface area (Å²) in [6.07, 6.45) is 4.20. The minimum atomic E-state index is -0.502. The number of benzene rings is 3. The van der Waals surface area contributed by atoms with Gasteiger partial charge < -0.3 is 29.3 Å². The van der Waals surface area contributed by atoms with Crippen molar-refractivity contribution in [3.8, 4) is 23.0 Å². The largest absolute Gasteiger partial charge is 0.508 e. The lowest BCUT2D eigenvalue weighted by Crippen LogP contribution is -2.33. The van der Waals surface area contributed by atoms with Crippen LogP contribution in [0.25, 0.3) is 11.1 Å². The van der Waals surface area contributed by atoms with Gasteiger partial charge in [-0.3, -0.25) is 0 Å². The molecule has 1 saturated heterocycles. The fraction of sp³-hybridized carbons (Fsp3) is 0.355. The molecule has 6 heteroatoms. The van der Waals surface area contributed by atoms with Crippen molar-refractivity contribution in [2.24, 2.45) is 5.92 Å². The molecule has 0 aromatic heterocycles. The average molecular weight is 500 g/mol. The highest BCUT2D eigenvalue weighted by Gasteiger charge is 2.31. The normalized spacial score (nSPS) is 18.5. The van der Waals surface area contributed by atoms with Crippen molar-refractivity contribution in [2.45, 2.75) is 31.8 Å². The number of β-amino-alcohol motifs (C(OH)–C–C–N with tert-alkyl or cyclic N) is 1. The van der Waals surface area contributed by atoms with Crippen molar-refractivity contribution in [3.05, 3.63) is 83.4 Å². The first-order chi connectivity index (χ1) is 18.1. The molecule has 0 spiro atoms. The first-order valence-corrected chi connectivity index (χ1v) is 13.2. The van der Waals surface area contributed by atoms with Crippen molar-refractivity contribution in [1.82, 2.24) is 4.90 Å². The first kappa shape index (κ1) is 23.9. The molecule has 192 valence electrons. The van der Waals surface area contributed by atoms with E-state index in [4.69, 9.17) is 14.2 Å². The highest BCUT2D eigenvalue weighted by Crippen LogP contribution is 2.49. The molecule has 6 nitrogen and oxygen atoms in total. The zero-order valence-electron chi connectivity index (χ0n) is 20.9. The Bertz CT molecular complexity index is 1260. The van der Waals surface area contributed by atoms with Crippen LogP contribution in [-0.2, 0) is 0 Å². The topological polar surface area (TPSA) is 71.4 Å². The number of rotatable bonds is 9. The number of phenols is 1. The molecule has 1 atom stereocenters. The minimum Gasteiger partial charge on any atom is -0.508 e. The van der Waals surface area contributed by atoms with Gasteiger partial charge in [-0.25, -0.2) is 0 Å². The van der Waals surface area contributed by atoms with E-state index in [1.54, 1.807) is 12.1 Å². The van der Waals surface area contributed by atoms with Crippen LogP contribution in [0.2, 0.25) is 0 Å². The fourth-order valence-electron chi connectivity index (χ4n) is 5.35. The fourth-order valence-corrected chi connectivity index (χ4v) is 5.35. The van der Waals surface area contributed by atoms with Gasteiger partial charge in [-0.05, 0) is 109 Å². The molecule has 37 heavy (non-hydrogen) atoms. The van der Waals surface area contributed by atoms with Crippen molar-refractivity contribution in [3.63, 3.8) is 0 Å².